The molecule has 2 heterocycles. The lowest BCUT2D eigenvalue weighted by atomic mass is 10.1. The van der Waals surface area contributed by atoms with Gasteiger partial charge in [-0.15, -0.1) is 11.3 Å². The van der Waals surface area contributed by atoms with Crippen molar-refractivity contribution in [2.45, 2.75) is 19.8 Å². The van der Waals surface area contributed by atoms with E-state index in [1.165, 1.54) is 11.3 Å². The molecule has 5 heteroatoms. The second kappa shape index (κ2) is 4.09. The summed E-state index contributed by atoms with van der Waals surface area (Å²) in [5, 5.41) is 1.84. The SMILES string of the molecule is CC(C)c1[nH]c(=O)[nH]c1C(=O)c1cccs1. The maximum atomic E-state index is 12.1. The predicted molar refractivity (Wildman–Crippen MR) is 63.3 cm³/mol. The van der Waals surface area contributed by atoms with Crippen molar-refractivity contribution in [1.82, 2.24) is 9.97 Å². The number of carbonyl (C=O) groups excluding carboxylic acids is 1. The predicted octanol–water partition coefficient (Wildman–Crippen LogP) is 2.12. The zero-order chi connectivity index (χ0) is 11.7. The number of nitrogens with one attached hydrogen (secondary N) is 2. The van der Waals surface area contributed by atoms with Gasteiger partial charge in [0, 0.05) is 5.69 Å². The maximum Gasteiger partial charge on any atom is 0.323 e. The number of aromatic amines is 2. The highest BCUT2D eigenvalue weighted by Crippen LogP contribution is 2.19. The monoisotopic (exact) mass is 236 g/mol. The number of hydrogen-bond donors (Lipinski definition) is 2. The molecule has 84 valence electrons. The number of rotatable bonds is 3. The average Bonchev–Trinajstić information content (AvgIpc) is 2.84. The number of aromatic nitrogens is 2. The summed E-state index contributed by atoms with van der Waals surface area (Å²) in [5.41, 5.74) is 0.717. The van der Waals surface area contributed by atoms with E-state index in [1.54, 1.807) is 6.07 Å². The van der Waals surface area contributed by atoms with Crippen molar-refractivity contribution in [3.05, 3.63) is 44.3 Å². The summed E-state index contributed by atoms with van der Waals surface area (Å²) in [6.07, 6.45) is 0. The molecule has 0 aliphatic carbocycles. The number of ketones is 1. The molecule has 0 aliphatic rings. The van der Waals surface area contributed by atoms with E-state index in [0.717, 1.165) is 0 Å². The third-order valence-corrected chi connectivity index (χ3v) is 3.17. The van der Waals surface area contributed by atoms with Gasteiger partial charge in [0.1, 0.15) is 5.69 Å². The first-order valence-corrected chi connectivity index (χ1v) is 5.88. The minimum atomic E-state index is -0.330. The molecule has 16 heavy (non-hydrogen) atoms. The Labute approximate surface area is 96.3 Å². The average molecular weight is 236 g/mol. The van der Waals surface area contributed by atoms with E-state index in [1.807, 2.05) is 25.3 Å². The van der Waals surface area contributed by atoms with Crippen LogP contribution in [0, 0.1) is 0 Å². The second-order valence-electron chi connectivity index (χ2n) is 3.83. The molecule has 4 nitrogen and oxygen atoms in total. The fourth-order valence-electron chi connectivity index (χ4n) is 1.54. The topological polar surface area (TPSA) is 65.7 Å². The van der Waals surface area contributed by atoms with Crippen LogP contribution in [0.25, 0.3) is 0 Å². The van der Waals surface area contributed by atoms with Gasteiger partial charge in [0.2, 0.25) is 5.78 Å². The first-order chi connectivity index (χ1) is 7.59. The molecule has 2 aromatic rings. The van der Waals surface area contributed by atoms with Gasteiger partial charge in [-0.05, 0) is 17.4 Å². The van der Waals surface area contributed by atoms with Crippen LogP contribution in [-0.4, -0.2) is 15.8 Å². The Bertz CT molecular complexity index is 549. The van der Waals surface area contributed by atoms with E-state index in [-0.39, 0.29) is 17.4 Å². The fraction of sp³-hybridized carbons (Fsp3) is 0.273. The lowest BCUT2D eigenvalue weighted by Gasteiger charge is -2.03. The molecule has 2 rings (SSSR count). The number of H-pyrrole nitrogens is 2. The van der Waals surface area contributed by atoms with Gasteiger partial charge in [0.25, 0.3) is 0 Å². The number of carbonyl (C=O) groups is 1. The molecular weight excluding hydrogens is 224 g/mol. The summed E-state index contributed by atoms with van der Waals surface area (Å²) in [5.74, 6) is -0.0186. The molecule has 0 bridgehead atoms. The summed E-state index contributed by atoms with van der Waals surface area (Å²) in [4.78, 5) is 29.2. The van der Waals surface area contributed by atoms with E-state index >= 15 is 0 Å². The third-order valence-electron chi connectivity index (χ3n) is 2.31. The van der Waals surface area contributed by atoms with Gasteiger partial charge in [-0.3, -0.25) is 4.79 Å². The van der Waals surface area contributed by atoms with Gasteiger partial charge in [-0.25, -0.2) is 4.79 Å². The molecule has 0 saturated carbocycles. The molecule has 0 spiro atoms. The van der Waals surface area contributed by atoms with Gasteiger partial charge >= 0.3 is 5.69 Å². The van der Waals surface area contributed by atoms with E-state index in [2.05, 4.69) is 9.97 Å². The van der Waals surface area contributed by atoms with Crippen molar-refractivity contribution in [3.8, 4) is 0 Å². The van der Waals surface area contributed by atoms with Crippen LogP contribution in [0.5, 0.6) is 0 Å². The third kappa shape index (κ3) is 1.86. The molecule has 0 fully saturated rings. The maximum absolute atomic E-state index is 12.1. The van der Waals surface area contributed by atoms with Crippen LogP contribution in [0.1, 0.15) is 40.8 Å². The van der Waals surface area contributed by atoms with Crippen molar-refractivity contribution in [2.24, 2.45) is 0 Å². The first kappa shape index (κ1) is 10.9. The second-order valence-corrected chi connectivity index (χ2v) is 4.78. The van der Waals surface area contributed by atoms with Crippen molar-refractivity contribution in [2.75, 3.05) is 0 Å². The minimum absolute atomic E-state index is 0.109. The molecular formula is C11H12N2O2S. The van der Waals surface area contributed by atoms with E-state index in [0.29, 0.717) is 16.3 Å². The Morgan fingerprint density at radius 1 is 1.38 bits per heavy atom. The van der Waals surface area contributed by atoms with Crippen LogP contribution in [0.15, 0.2) is 22.3 Å². The zero-order valence-electron chi connectivity index (χ0n) is 9.03. The summed E-state index contributed by atoms with van der Waals surface area (Å²) < 4.78 is 0. The summed E-state index contributed by atoms with van der Waals surface area (Å²) in [6.45, 7) is 3.87. The molecule has 0 aliphatic heterocycles. The summed E-state index contributed by atoms with van der Waals surface area (Å²) in [7, 11) is 0. The molecule has 0 radical (unpaired) electrons. The Hall–Kier alpha value is -1.62. The minimum Gasteiger partial charge on any atom is -0.309 e. The van der Waals surface area contributed by atoms with Crippen LogP contribution in [-0.2, 0) is 0 Å². The zero-order valence-corrected chi connectivity index (χ0v) is 9.85. The largest absolute Gasteiger partial charge is 0.323 e. The van der Waals surface area contributed by atoms with Crippen LogP contribution >= 0.6 is 11.3 Å². The van der Waals surface area contributed by atoms with Gasteiger partial charge in [-0.1, -0.05) is 19.9 Å². The Morgan fingerprint density at radius 2 is 2.12 bits per heavy atom. The molecule has 0 atom stereocenters. The molecule has 2 aromatic heterocycles. The summed E-state index contributed by atoms with van der Waals surface area (Å²) >= 11 is 1.37. The van der Waals surface area contributed by atoms with Crippen molar-refractivity contribution in [1.29, 1.82) is 0 Å². The van der Waals surface area contributed by atoms with E-state index < -0.39 is 0 Å². The van der Waals surface area contributed by atoms with Crippen molar-refractivity contribution < 1.29 is 4.79 Å². The molecule has 0 aromatic carbocycles. The highest BCUT2D eigenvalue weighted by atomic mass is 32.1. The van der Waals surface area contributed by atoms with Crippen LogP contribution < -0.4 is 5.69 Å². The first-order valence-electron chi connectivity index (χ1n) is 5.00. The van der Waals surface area contributed by atoms with E-state index in [9.17, 15) is 9.59 Å². The fourth-order valence-corrected chi connectivity index (χ4v) is 2.21. The Morgan fingerprint density at radius 3 is 2.69 bits per heavy atom. The van der Waals surface area contributed by atoms with Gasteiger partial charge in [-0.2, -0.15) is 0 Å². The Balaban J connectivity index is 2.48. The molecule has 2 N–H and O–H groups in total. The lowest BCUT2D eigenvalue weighted by Crippen LogP contribution is -2.05. The smallest absolute Gasteiger partial charge is 0.309 e. The lowest BCUT2D eigenvalue weighted by molar-refractivity contribution is 0.103. The summed E-state index contributed by atoms with van der Waals surface area (Å²) in [6, 6.07) is 3.57. The van der Waals surface area contributed by atoms with Gasteiger partial charge in [0.05, 0.1) is 4.88 Å². The van der Waals surface area contributed by atoms with Crippen LogP contribution in [0.4, 0.5) is 0 Å². The number of imidazole rings is 1. The standard InChI is InChI=1S/C11H12N2O2S/c1-6(2)8-9(13-11(15)12-8)10(14)7-4-3-5-16-7/h3-6H,1-2H3,(H2,12,13,15). The molecule has 0 saturated heterocycles. The van der Waals surface area contributed by atoms with E-state index in [4.69, 9.17) is 0 Å². The highest BCUT2D eigenvalue weighted by molar-refractivity contribution is 7.12. The molecule has 0 amide bonds. The van der Waals surface area contributed by atoms with Crippen LogP contribution in [0.2, 0.25) is 0 Å². The van der Waals surface area contributed by atoms with Gasteiger partial charge in [0.15, 0.2) is 0 Å². The normalized spacial score (nSPS) is 10.9. The van der Waals surface area contributed by atoms with Crippen molar-refractivity contribution >= 4 is 17.1 Å². The highest BCUT2D eigenvalue weighted by Gasteiger charge is 2.19. The van der Waals surface area contributed by atoms with Gasteiger partial charge < -0.3 is 9.97 Å². The van der Waals surface area contributed by atoms with Crippen LogP contribution in [0.3, 0.4) is 0 Å². The number of hydrogen-bond acceptors (Lipinski definition) is 3. The quantitative estimate of drug-likeness (QED) is 0.802. The Kier molecular flexibility index (Phi) is 2.78. The molecule has 0 unspecified atom stereocenters. The van der Waals surface area contributed by atoms with Crippen molar-refractivity contribution in [3.63, 3.8) is 0 Å². The number of thiophene rings is 1.